The Bertz CT molecular complexity index is 271. The zero-order valence-corrected chi connectivity index (χ0v) is 14.7. The van der Waals surface area contributed by atoms with Gasteiger partial charge in [-0.05, 0) is 75.8 Å². The minimum atomic E-state index is 0.558. The second-order valence-electron chi connectivity index (χ2n) is 7.82. The molecule has 1 unspecified atom stereocenters. The number of likely N-dealkylation sites (tertiary alicyclic amines) is 1. The van der Waals surface area contributed by atoms with Crippen molar-refractivity contribution in [3.05, 3.63) is 0 Å². The lowest BCUT2D eigenvalue weighted by molar-refractivity contribution is 0.0549. The lowest BCUT2D eigenvalue weighted by Crippen LogP contribution is -2.37. The molecule has 0 radical (unpaired) electrons. The molecule has 1 saturated carbocycles. The van der Waals surface area contributed by atoms with Crippen LogP contribution in [0.1, 0.15) is 71.6 Å². The quantitative estimate of drug-likeness (QED) is 0.630. The highest BCUT2D eigenvalue weighted by molar-refractivity contribution is 4.76. The summed E-state index contributed by atoms with van der Waals surface area (Å²) in [6, 6.07) is 0. The number of hydrogen-bond donors (Lipinski definition) is 0. The minimum Gasteiger partial charge on any atom is -0.381 e. The van der Waals surface area contributed by atoms with Gasteiger partial charge >= 0.3 is 0 Å². The van der Waals surface area contributed by atoms with Crippen molar-refractivity contribution in [2.45, 2.75) is 77.7 Å². The fraction of sp³-hybridized carbons (Fsp3) is 1.00. The Morgan fingerprint density at radius 1 is 1.05 bits per heavy atom. The largest absolute Gasteiger partial charge is 0.381 e. The van der Waals surface area contributed by atoms with E-state index in [2.05, 4.69) is 18.7 Å². The Balaban J connectivity index is 1.53. The molecule has 2 heteroatoms. The normalized spacial score (nSPS) is 31.7. The molecule has 21 heavy (non-hydrogen) atoms. The summed E-state index contributed by atoms with van der Waals surface area (Å²) in [6.07, 6.45) is 13.1. The minimum absolute atomic E-state index is 0.558. The molecule has 0 aromatic carbocycles. The van der Waals surface area contributed by atoms with Crippen LogP contribution in [0.4, 0.5) is 0 Å². The van der Waals surface area contributed by atoms with Gasteiger partial charge in [-0.1, -0.05) is 26.7 Å². The van der Waals surface area contributed by atoms with Gasteiger partial charge in [-0.15, -0.1) is 0 Å². The van der Waals surface area contributed by atoms with Crippen molar-refractivity contribution in [3.63, 3.8) is 0 Å². The van der Waals surface area contributed by atoms with E-state index < -0.39 is 0 Å². The van der Waals surface area contributed by atoms with Crippen LogP contribution in [-0.2, 0) is 4.74 Å². The molecule has 124 valence electrons. The molecular weight excluding hydrogens is 258 g/mol. The SMILES string of the molecule is CO[C@H]1CC[C@H](CCCCN2CCCC(C(C)C)C2)CC1. The summed E-state index contributed by atoms with van der Waals surface area (Å²) in [5, 5.41) is 0. The van der Waals surface area contributed by atoms with Gasteiger partial charge in [-0.3, -0.25) is 0 Å². The predicted octanol–water partition coefficient (Wildman–Crippen LogP) is 4.73. The number of hydrogen-bond acceptors (Lipinski definition) is 2. The molecule has 1 saturated heterocycles. The maximum Gasteiger partial charge on any atom is 0.0571 e. The van der Waals surface area contributed by atoms with Crippen molar-refractivity contribution < 1.29 is 4.74 Å². The van der Waals surface area contributed by atoms with Crippen LogP contribution in [0, 0.1) is 17.8 Å². The summed E-state index contributed by atoms with van der Waals surface area (Å²) in [5.41, 5.74) is 0. The summed E-state index contributed by atoms with van der Waals surface area (Å²) in [4.78, 5) is 2.73. The van der Waals surface area contributed by atoms with E-state index in [1.165, 1.54) is 77.4 Å². The van der Waals surface area contributed by atoms with Crippen LogP contribution in [0.2, 0.25) is 0 Å². The standard InChI is InChI=1S/C19H37NO/c1-16(2)18-8-6-14-20(15-18)13-5-4-7-17-9-11-19(21-3)12-10-17/h16-19H,4-15H2,1-3H3/t17-,18?,19-. The molecule has 2 aliphatic rings. The van der Waals surface area contributed by atoms with Gasteiger partial charge in [0.1, 0.15) is 0 Å². The molecule has 2 nitrogen and oxygen atoms in total. The van der Waals surface area contributed by atoms with Gasteiger partial charge < -0.3 is 9.64 Å². The van der Waals surface area contributed by atoms with Crippen molar-refractivity contribution in [3.8, 4) is 0 Å². The van der Waals surface area contributed by atoms with Gasteiger partial charge in [0, 0.05) is 13.7 Å². The Morgan fingerprint density at radius 3 is 2.48 bits per heavy atom. The molecule has 2 fully saturated rings. The zero-order valence-electron chi connectivity index (χ0n) is 14.7. The van der Waals surface area contributed by atoms with Gasteiger partial charge in [-0.25, -0.2) is 0 Å². The van der Waals surface area contributed by atoms with E-state index in [1.807, 2.05) is 7.11 Å². The summed E-state index contributed by atoms with van der Waals surface area (Å²) in [5.74, 6) is 2.80. The fourth-order valence-corrected chi connectivity index (χ4v) is 4.26. The summed E-state index contributed by atoms with van der Waals surface area (Å²) < 4.78 is 5.47. The van der Waals surface area contributed by atoms with Crippen molar-refractivity contribution in [1.82, 2.24) is 4.90 Å². The fourth-order valence-electron chi connectivity index (χ4n) is 4.26. The molecular formula is C19H37NO. The lowest BCUT2D eigenvalue weighted by Gasteiger charge is -2.35. The molecule has 0 spiro atoms. The second-order valence-corrected chi connectivity index (χ2v) is 7.82. The van der Waals surface area contributed by atoms with Crippen LogP contribution in [0.3, 0.4) is 0 Å². The van der Waals surface area contributed by atoms with Gasteiger partial charge in [0.25, 0.3) is 0 Å². The molecule has 0 N–H and O–H groups in total. The zero-order chi connectivity index (χ0) is 15.1. The Labute approximate surface area is 132 Å². The highest BCUT2D eigenvalue weighted by Gasteiger charge is 2.22. The molecule has 0 bridgehead atoms. The highest BCUT2D eigenvalue weighted by atomic mass is 16.5. The summed E-state index contributed by atoms with van der Waals surface area (Å²) in [6.45, 7) is 8.84. The number of methoxy groups -OCH3 is 1. The van der Waals surface area contributed by atoms with Crippen molar-refractivity contribution >= 4 is 0 Å². The monoisotopic (exact) mass is 295 g/mol. The van der Waals surface area contributed by atoms with E-state index in [0.717, 1.165) is 17.8 Å². The average molecular weight is 296 g/mol. The summed E-state index contributed by atoms with van der Waals surface area (Å²) in [7, 11) is 1.87. The Hall–Kier alpha value is -0.0800. The van der Waals surface area contributed by atoms with Crippen LogP contribution in [0.25, 0.3) is 0 Å². The number of unbranched alkanes of at least 4 members (excludes halogenated alkanes) is 1. The van der Waals surface area contributed by atoms with Crippen molar-refractivity contribution in [2.24, 2.45) is 17.8 Å². The summed E-state index contributed by atoms with van der Waals surface area (Å²) >= 11 is 0. The smallest absolute Gasteiger partial charge is 0.0571 e. The van der Waals surface area contributed by atoms with Crippen LogP contribution in [0.5, 0.6) is 0 Å². The third-order valence-corrected chi connectivity index (χ3v) is 5.95. The Morgan fingerprint density at radius 2 is 1.81 bits per heavy atom. The molecule has 2 rings (SSSR count). The van der Waals surface area contributed by atoms with Crippen LogP contribution in [0.15, 0.2) is 0 Å². The lowest BCUT2D eigenvalue weighted by atomic mass is 9.84. The van der Waals surface area contributed by atoms with E-state index in [0.29, 0.717) is 6.10 Å². The van der Waals surface area contributed by atoms with Gasteiger partial charge in [0.05, 0.1) is 6.10 Å². The molecule has 1 aliphatic carbocycles. The van der Waals surface area contributed by atoms with Crippen LogP contribution < -0.4 is 0 Å². The predicted molar refractivity (Wildman–Crippen MR) is 90.6 cm³/mol. The molecule has 1 aliphatic heterocycles. The third kappa shape index (κ3) is 5.90. The average Bonchev–Trinajstić information content (AvgIpc) is 2.52. The van der Waals surface area contributed by atoms with Gasteiger partial charge in [0.15, 0.2) is 0 Å². The Kier molecular flexibility index (Phi) is 7.53. The maximum absolute atomic E-state index is 5.47. The molecule has 1 atom stereocenters. The highest BCUT2D eigenvalue weighted by Crippen LogP contribution is 2.29. The third-order valence-electron chi connectivity index (χ3n) is 5.95. The maximum atomic E-state index is 5.47. The van der Waals surface area contributed by atoms with Gasteiger partial charge in [0.2, 0.25) is 0 Å². The first-order valence-corrected chi connectivity index (χ1v) is 9.44. The van der Waals surface area contributed by atoms with E-state index >= 15 is 0 Å². The van der Waals surface area contributed by atoms with Crippen LogP contribution >= 0.6 is 0 Å². The topological polar surface area (TPSA) is 12.5 Å². The molecule has 0 aromatic rings. The number of rotatable bonds is 7. The molecule has 1 heterocycles. The van der Waals surface area contributed by atoms with Gasteiger partial charge in [-0.2, -0.15) is 0 Å². The van der Waals surface area contributed by atoms with Crippen molar-refractivity contribution in [1.29, 1.82) is 0 Å². The number of nitrogens with zero attached hydrogens (tertiary/aromatic N) is 1. The first-order chi connectivity index (χ1) is 10.2. The first kappa shape index (κ1) is 17.3. The number of piperidine rings is 1. The molecule has 0 amide bonds. The molecule has 0 aromatic heterocycles. The van der Waals surface area contributed by atoms with E-state index in [1.54, 1.807) is 0 Å². The van der Waals surface area contributed by atoms with E-state index in [4.69, 9.17) is 4.74 Å². The van der Waals surface area contributed by atoms with Crippen molar-refractivity contribution in [2.75, 3.05) is 26.7 Å². The first-order valence-electron chi connectivity index (χ1n) is 9.44. The van der Waals surface area contributed by atoms with E-state index in [-0.39, 0.29) is 0 Å². The second kappa shape index (κ2) is 9.15. The number of ether oxygens (including phenoxy) is 1. The van der Waals surface area contributed by atoms with E-state index in [9.17, 15) is 0 Å². The van der Waals surface area contributed by atoms with Crippen LogP contribution in [-0.4, -0.2) is 37.7 Å².